The zero-order chi connectivity index (χ0) is 14.6. The molecule has 108 valence electrons. The van der Waals surface area contributed by atoms with E-state index in [1.807, 2.05) is 12.3 Å². The molecule has 1 heterocycles. The maximum Gasteiger partial charge on any atom is 0.196 e. The van der Waals surface area contributed by atoms with Crippen molar-refractivity contribution in [2.24, 2.45) is 0 Å². The summed E-state index contributed by atoms with van der Waals surface area (Å²) in [6.07, 6.45) is 2.66. The van der Waals surface area contributed by atoms with E-state index >= 15 is 0 Å². The number of oxazole rings is 1. The van der Waals surface area contributed by atoms with E-state index in [4.69, 9.17) is 4.42 Å². The van der Waals surface area contributed by atoms with Crippen LogP contribution in [-0.2, 0) is 11.8 Å². The third kappa shape index (κ3) is 3.48. The lowest BCUT2D eigenvalue weighted by Gasteiger charge is -2.21. The summed E-state index contributed by atoms with van der Waals surface area (Å²) in [7, 11) is 0. The molecular formula is C17H24N2O. The van der Waals surface area contributed by atoms with Crippen molar-refractivity contribution in [1.29, 1.82) is 0 Å². The van der Waals surface area contributed by atoms with Gasteiger partial charge in [-0.3, -0.25) is 0 Å². The van der Waals surface area contributed by atoms with Crippen LogP contribution in [0.2, 0.25) is 0 Å². The summed E-state index contributed by atoms with van der Waals surface area (Å²) >= 11 is 0. The molecule has 1 aromatic heterocycles. The Labute approximate surface area is 121 Å². The van der Waals surface area contributed by atoms with Crippen molar-refractivity contribution < 1.29 is 4.42 Å². The first kappa shape index (κ1) is 14.8. The molecule has 3 nitrogen and oxygen atoms in total. The van der Waals surface area contributed by atoms with E-state index in [0.717, 1.165) is 36.7 Å². The molecule has 3 heteroatoms. The average Bonchev–Trinajstić information content (AvgIpc) is 2.87. The molecule has 1 N–H and O–H groups in total. The lowest BCUT2D eigenvalue weighted by atomic mass is 9.83. The van der Waals surface area contributed by atoms with Gasteiger partial charge < -0.3 is 9.73 Å². The third-order valence-electron chi connectivity index (χ3n) is 3.32. The number of nitrogens with one attached hydrogen (secondary N) is 1. The van der Waals surface area contributed by atoms with Crippen molar-refractivity contribution in [3.8, 4) is 11.3 Å². The van der Waals surface area contributed by atoms with E-state index in [1.165, 1.54) is 5.56 Å². The minimum absolute atomic E-state index is 0.0906. The number of hydrogen-bond acceptors (Lipinski definition) is 3. The van der Waals surface area contributed by atoms with E-state index < -0.39 is 0 Å². The highest BCUT2D eigenvalue weighted by Gasteiger charge is 2.20. The molecule has 1 aromatic carbocycles. The number of nitrogens with zero attached hydrogens (tertiary/aromatic N) is 1. The molecule has 0 atom stereocenters. The Bertz CT molecular complexity index is 552. The monoisotopic (exact) mass is 272 g/mol. The van der Waals surface area contributed by atoms with Gasteiger partial charge in [-0.1, -0.05) is 52.0 Å². The summed E-state index contributed by atoms with van der Waals surface area (Å²) in [4.78, 5) is 4.38. The molecule has 0 amide bonds. The maximum atomic E-state index is 5.90. The predicted octanol–water partition coefficient (Wildman–Crippen LogP) is 3.79. The number of likely N-dealkylation sites (N-methyl/N-ethyl adjacent to an activating group) is 1. The summed E-state index contributed by atoms with van der Waals surface area (Å²) in [5, 5.41) is 3.28. The Morgan fingerprint density at radius 1 is 1.20 bits per heavy atom. The highest BCUT2D eigenvalue weighted by Crippen LogP contribution is 2.33. The van der Waals surface area contributed by atoms with Crippen LogP contribution in [0.5, 0.6) is 0 Å². The van der Waals surface area contributed by atoms with Gasteiger partial charge in [-0.2, -0.15) is 0 Å². The molecule has 0 saturated carbocycles. The van der Waals surface area contributed by atoms with Crippen LogP contribution in [0.25, 0.3) is 11.3 Å². The average molecular weight is 272 g/mol. The molecule has 0 fully saturated rings. The fourth-order valence-electron chi connectivity index (χ4n) is 2.27. The predicted molar refractivity (Wildman–Crippen MR) is 82.9 cm³/mol. The second-order valence-corrected chi connectivity index (χ2v) is 6.02. The first-order chi connectivity index (χ1) is 9.52. The van der Waals surface area contributed by atoms with Gasteiger partial charge in [0.1, 0.15) is 0 Å². The molecule has 2 rings (SSSR count). The summed E-state index contributed by atoms with van der Waals surface area (Å²) in [5.74, 6) is 1.66. The SMILES string of the molecule is CCNCCc1ncc(-c2ccccc2C(C)(C)C)o1. The van der Waals surface area contributed by atoms with Crippen LogP contribution < -0.4 is 5.32 Å². The Morgan fingerprint density at radius 3 is 2.65 bits per heavy atom. The van der Waals surface area contributed by atoms with Crippen LogP contribution >= 0.6 is 0 Å². The van der Waals surface area contributed by atoms with Gasteiger partial charge in [-0.05, 0) is 17.5 Å². The number of aromatic nitrogens is 1. The van der Waals surface area contributed by atoms with Crippen LogP contribution in [0.15, 0.2) is 34.9 Å². The molecule has 0 aliphatic carbocycles. The van der Waals surface area contributed by atoms with Crippen molar-refractivity contribution in [3.63, 3.8) is 0 Å². The molecule has 0 bridgehead atoms. The summed E-state index contributed by atoms with van der Waals surface area (Å²) < 4.78 is 5.90. The van der Waals surface area contributed by atoms with E-state index in [2.05, 4.69) is 56.2 Å². The molecular weight excluding hydrogens is 248 g/mol. The Kier molecular flexibility index (Phi) is 4.61. The smallest absolute Gasteiger partial charge is 0.196 e. The van der Waals surface area contributed by atoms with Gasteiger partial charge in [0.25, 0.3) is 0 Å². The normalized spacial score (nSPS) is 11.8. The first-order valence-electron chi connectivity index (χ1n) is 7.27. The van der Waals surface area contributed by atoms with Crippen molar-refractivity contribution in [1.82, 2.24) is 10.3 Å². The molecule has 0 aliphatic heterocycles. The fourth-order valence-corrected chi connectivity index (χ4v) is 2.27. The van der Waals surface area contributed by atoms with Crippen molar-refractivity contribution in [2.75, 3.05) is 13.1 Å². The molecule has 20 heavy (non-hydrogen) atoms. The molecule has 2 aromatic rings. The van der Waals surface area contributed by atoms with Crippen molar-refractivity contribution >= 4 is 0 Å². The highest BCUT2D eigenvalue weighted by atomic mass is 16.4. The van der Waals surface area contributed by atoms with Crippen LogP contribution in [0.4, 0.5) is 0 Å². The van der Waals surface area contributed by atoms with Gasteiger partial charge in [0.05, 0.1) is 6.20 Å². The minimum atomic E-state index is 0.0906. The lowest BCUT2D eigenvalue weighted by Crippen LogP contribution is -2.16. The molecule has 0 spiro atoms. The van der Waals surface area contributed by atoms with Crippen LogP contribution in [0.1, 0.15) is 39.1 Å². The summed E-state index contributed by atoms with van der Waals surface area (Å²) in [6, 6.07) is 8.39. The van der Waals surface area contributed by atoms with Crippen LogP contribution in [-0.4, -0.2) is 18.1 Å². The van der Waals surface area contributed by atoms with Gasteiger partial charge >= 0.3 is 0 Å². The first-order valence-corrected chi connectivity index (χ1v) is 7.27. The molecule has 0 aliphatic rings. The number of benzene rings is 1. The van der Waals surface area contributed by atoms with Crippen molar-refractivity contribution in [3.05, 3.63) is 41.9 Å². The Morgan fingerprint density at radius 2 is 1.95 bits per heavy atom. The quantitative estimate of drug-likeness (QED) is 0.841. The zero-order valence-electron chi connectivity index (χ0n) is 12.9. The maximum absolute atomic E-state index is 5.90. The largest absolute Gasteiger partial charge is 0.441 e. The lowest BCUT2D eigenvalue weighted by molar-refractivity contribution is 0.494. The molecule has 0 radical (unpaired) electrons. The second-order valence-electron chi connectivity index (χ2n) is 6.02. The topological polar surface area (TPSA) is 38.1 Å². The van der Waals surface area contributed by atoms with E-state index in [1.54, 1.807) is 0 Å². The minimum Gasteiger partial charge on any atom is -0.441 e. The standard InChI is InChI=1S/C17H24N2O/c1-5-18-11-10-16-19-12-15(20-16)13-8-6-7-9-14(13)17(2,3)4/h6-9,12,18H,5,10-11H2,1-4H3. The second kappa shape index (κ2) is 6.23. The van der Waals surface area contributed by atoms with E-state index in [-0.39, 0.29) is 5.41 Å². The van der Waals surface area contributed by atoms with E-state index in [9.17, 15) is 0 Å². The van der Waals surface area contributed by atoms with E-state index in [0.29, 0.717) is 0 Å². The summed E-state index contributed by atoms with van der Waals surface area (Å²) in [5.41, 5.74) is 2.52. The van der Waals surface area contributed by atoms with Gasteiger partial charge in [0.15, 0.2) is 11.7 Å². The van der Waals surface area contributed by atoms with Crippen molar-refractivity contribution in [2.45, 2.75) is 39.5 Å². The summed E-state index contributed by atoms with van der Waals surface area (Å²) in [6.45, 7) is 10.6. The third-order valence-corrected chi connectivity index (χ3v) is 3.32. The van der Waals surface area contributed by atoms with Gasteiger partial charge in [0, 0.05) is 18.5 Å². The zero-order valence-corrected chi connectivity index (χ0v) is 12.9. The van der Waals surface area contributed by atoms with Gasteiger partial charge in [-0.15, -0.1) is 0 Å². The fraction of sp³-hybridized carbons (Fsp3) is 0.471. The molecule has 0 saturated heterocycles. The highest BCUT2D eigenvalue weighted by molar-refractivity contribution is 5.63. The number of hydrogen-bond donors (Lipinski definition) is 1. The Hall–Kier alpha value is -1.61. The Balaban J connectivity index is 2.24. The molecule has 0 unspecified atom stereocenters. The van der Waals surface area contributed by atoms with Gasteiger partial charge in [0.2, 0.25) is 0 Å². The van der Waals surface area contributed by atoms with Crippen LogP contribution in [0, 0.1) is 0 Å². The number of rotatable bonds is 5. The van der Waals surface area contributed by atoms with Crippen LogP contribution in [0.3, 0.4) is 0 Å². The van der Waals surface area contributed by atoms with Gasteiger partial charge in [-0.25, -0.2) is 4.98 Å².